The van der Waals surface area contributed by atoms with Gasteiger partial charge >= 0.3 is 0 Å². The zero-order valence-electron chi connectivity index (χ0n) is 18.9. The lowest BCUT2D eigenvalue weighted by Gasteiger charge is -2.40. The van der Waals surface area contributed by atoms with Gasteiger partial charge in [-0.3, -0.25) is 19.3 Å². The van der Waals surface area contributed by atoms with Gasteiger partial charge in [0.2, 0.25) is 5.91 Å². The molecule has 5 rings (SSSR count). The monoisotopic (exact) mass is 473 g/mol. The summed E-state index contributed by atoms with van der Waals surface area (Å²) >= 11 is 1.37. The van der Waals surface area contributed by atoms with Crippen molar-refractivity contribution in [1.29, 1.82) is 0 Å². The third kappa shape index (κ3) is 4.54. The molecule has 0 N–H and O–H groups in total. The fraction of sp³-hybridized carbons (Fsp3) is 0.296. The minimum absolute atomic E-state index is 0.0229. The summed E-state index contributed by atoms with van der Waals surface area (Å²) in [5, 5.41) is 1.87. The van der Waals surface area contributed by atoms with Gasteiger partial charge in [0.1, 0.15) is 6.04 Å². The molecule has 0 aliphatic carbocycles. The molecule has 2 fully saturated rings. The highest BCUT2D eigenvalue weighted by atomic mass is 32.1. The molecule has 3 heterocycles. The maximum atomic E-state index is 13.6. The first-order chi connectivity index (χ1) is 16.6. The van der Waals surface area contributed by atoms with Crippen molar-refractivity contribution in [3.8, 4) is 0 Å². The van der Waals surface area contributed by atoms with Gasteiger partial charge in [-0.15, -0.1) is 11.3 Å². The van der Waals surface area contributed by atoms with Crippen molar-refractivity contribution in [2.45, 2.75) is 37.9 Å². The van der Waals surface area contributed by atoms with Gasteiger partial charge in [0.15, 0.2) is 0 Å². The molecule has 1 unspecified atom stereocenters. The Kier molecular flexibility index (Phi) is 6.56. The van der Waals surface area contributed by atoms with Crippen molar-refractivity contribution in [2.24, 2.45) is 0 Å². The molecule has 0 radical (unpaired) electrons. The number of nitrogens with zero attached hydrogens (tertiary/aromatic N) is 3. The van der Waals surface area contributed by atoms with Crippen molar-refractivity contribution in [1.82, 2.24) is 9.80 Å². The van der Waals surface area contributed by atoms with Crippen molar-refractivity contribution in [2.75, 3.05) is 18.0 Å². The van der Waals surface area contributed by atoms with E-state index in [-0.39, 0.29) is 30.2 Å². The Balaban J connectivity index is 1.36. The van der Waals surface area contributed by atoms with E-state index in [1.165, 1.54) is 21.8 Å². The maximum Gasteiger partial charge on any atom is 0.264 e. The number of para-hydroxylation sites is 1. The number of carbonyl (C=O) groups is 3. The number of thiophene rings is 1. The minimum Gasteiger partial charge on any atom is -0.322 e. The summed E-state index contributed by atoms with van der Waals surface area (Å²) in [6.07, 6.45) is 1.57. The van der Waals surface area contributed by atoms with E-state index in [9.17, 15) is 14.4 Å². The molecule has 0 saturated carbocycles. The van der Waals surface area contributed by atoms with Gasteiger partial charge < -0.3 is 4.90 Å². The molecular weight excluding hydrogens is 446 g/mol. The largest absolute Gasteiger partial charge is 0.322 e. The zero-order valence-corrected chi connectivity index (χ0v) is 19.7. The number of carbonyl (C=O) groups excluding carboxylic acids is 3. The number of likely N-dealkylation sites (tertiary alicyclic amines) is 1. The molecular formula is C27H27N3O3S. The number of imide groups is 1. The van der Waals surface area contributed by atoms with Gasteiger partial charge in [0.05, 0.1) is 17.0 Å². The zero-order chi connectivity index (χ0) is 23.5. The Morgan fingerprint density at radius 1 is 0.912 bits per heavy atom. The summed E-state index contributed by atoms with van der Waals surface area (Å²) in [7, 11) is 0. The quantitative estimate of drug-likeness (QED) is 0.504. The van der Waals surface area contributed by atoms with E-state index in [2.05, 4.69) is 17.0 Å². The van der Waals surface area contributed by atoms with Gasteiger partial charge in [-0.1, -0.05) is 54.6 Å². The van der Waals surface area contributed by atoms with Crippen LogP contribution in [0.4, 0.5) is 5.69 Å². The van der Waals surface area contributed by atoms with E-state index in [4.69, 9.17) is 0 Å². The molecule has 34 heavy (non-hydrogen) atoms. The number of amides is 3. The molecule has 2 aliphatic heterocycles. The highest BCUT2D eigenvalue weighted by molar-refractivity contribution is 7.12. The van der Waals surface area contributed by atoms with E-state index in [1.807, 2.05) is 35.7 Å². The van der Waals surface area contributed by atoms with Crippen molar-refractivity contribution in [3.05, 3.63) is 88.6 Å². The Hall–Kier alpha value is -3.29. The van der Waals surface area contributed by atoms with Crippen LogP contribution in [0.2, 0.25) is 0 Å². The van der Waals surface area contributed by atoms with Crippen LogP contribution >= 0.6 is 11.3 Å². The van der Waals surface area contributed by atoms with E-state index in [0.29, 0.717) is 10.6 Å². The first-order valence-electron chi connectivity index (χ1n) is 11.7. The average Bonchev–Trinajstić information content (AvgIpc) is 3.50. The summed E-state index contributed by atoms with van der Waals surface area (Å²) in [6, 6.07) is 22.1. The number of anilines is 1. The van der Waals surface area contributed by atoms with Crippen LogP contribution in [-0.4, -0.2) is 52.7 Å². The maximum absolute atomic E-state index is 13.6. The Morgan fingerprint density at radius 3 is 2.24 bits per heavy atom. The third-order valence-electron chi connectivity index (χ3n) is 6.64. The summed E-state index contributed by atoms with van der Waals surface area (Å²) in [6.45, 7) is 2.55. The molecule has 0 spiro atoms. The fourth-order valence-corrected chi connectivity index (χ4v) is 5.64. The molecule has 1 atom stereocenters. The lowest BCUT2D eigenvalue weighted by Crippen LogP contribution is -2.54. The van der Waals surface area contributed by atoms with Gasteiger partial charge in [-0.25, -0.2) is 4.90 Å². The third-order valence-corrected chi connectivity index (χ3v) is 7.50. The molecule has 6 nitrogen and oxygen atoms in total. The van der Waals surface area contributed by atoms with Crippen LogP contribution in [-0.2, 0) is 16.1 Å². The number of hydrogen-bond donors (Lipinski definition) is 0. The number of piperidine rings is 1. The van der Waals surface area contributed by atoms with Crippen LogP contribution in [0.5, 0.6) is 0 Å². The summed E-state index contributed by atoms with van der Waals surface area (Å²) in [4.78, 5) is 45.9. The molecule has 3 amide bonds. The highest BCUT2D eigenvalue weighted by Gasteiger charge is 2.47. The average molecular weight is 474 g/mol. The van der Waals surface area contributed by atoms with Crippen LogP contribution in [0.3, 0.4) is 0 Å². The van der Waals surface area contributed by atoms with Crippen LogP contribution < -0.4 is 4.90 Å². The summed E-state index contributed by atoms with van der Waals surface area (Å²) < 4.78 is 0. The molecule has 2 aliphatic rings. The normalized spacial score (nSPS) is 19.5. The van der Waals surface area contributed by atoms with Gasteiger partial charge in [0, 0.05) is 25.7 Å². The molecule has 7 heteroatoms. The number of benzene rings is 2. The van der Waals surface area contributed by atoms with Crippen LogP contribution in [0.1, 0.15) is 34.5 Å². The topological polar surface area (TPSA) is 60.9 Å². The highest BCUT2D eigenvalue weighted by Crippen LogP contribution is 2.31. The van der Waals surface area contributed by atoms with E-state index in [0.717, 1.165) is 32.5 Å². The second-order valence-electron chi connectivity index (χ2n) is 8.81. The van der Waals surface area contributed by atoms with Crippen molar-refractivity contribution in [3.63, 3.8) is 0 Å². The Bertz CT molecular complexity index is 1140. The van der Waals surface area contributed by atoms with Crippen molar-refractivity contribution >= 4 is 34.7 Å². The molecule has 174 valence electrons. The predicted molar refractivity (Wildman–Crippen MR) is 133 cm³/mol. The van der Waals surface area contributed by atoms with Crippen LogP contribution in [0, 0.1) is 0 Å². The summed E-state index contributed by atoms with van der Waals surface area (Å²) in [5.41, 5.74) is 1.82. The SMILES string of the molecule is O=C1CC(N(C(=O)c2cccs2)C2CCN(Cc3ccccc3)CC2)C(=O)N1c1ccccc1. The smallest absolute Gasteiger partial charge is 0.264 e. The van der Waals surface area contributed by atoms with Gasteiger partial charge in [0.25, 0.3) is 11.8 Å². The standard InChI is InChI=1S/C27H27N3O3S/c31-25-18-23(26(32)30(25)21-10-5-2-6-11-21)29(27(33)24-12-7-17-34-24)22-13-15-28(16-14-22)19-20-8-3-1-4-9-20/h1-12,17,22-23H,13-16,18-19H2. The lowest BCUT2D eigenvalue weighted by molar-refractivity contribution is -0.123. The summed E-state index contributed by atoms with van der Waals surface area (Å²) in [5.74, 6) is -0.725. The van der Waals surface area contributed by atoms with E-state index >= 15 is 0 Å². The second-order valence-corrected chi connectivity index (χ2v) is 9.75. The number of hydrogen-bond acceptors (Lipinski definition) is 5. The van der Waals surface area contributed by atoms with Crippen molar-refractivity contribution < 1.29 is 14.4 Å². The molecule has 1 aromatic heterocycles. The van der Waals surface area contributed by atoms with Crippen LogP contribution in [0.15, 0.2) is 78.2 Å². The van der Waals surface area contributed by atoms with Gasteiger partial charge in [-0.2, -0.15) is 0 Å². The molecule has 2 aromatic carbocycles. The predicted octanol–water partition coefficient (Wildman–Crippen LogP) is 4.19. The van der Waals surface area contributed by atoms with E-state index in [1.54, 1.807) is 35.2 Å². The first kappa shape index (κ1) is 22.5. The van der Waals surface area contributed by atoms with E-state index < -0.39 is 6.04 Å². The number of rotatable bonds is 6. The minimum atomic E-state index is -0.770. The Morgan fingerprint density at radius 2 is 1.59 bits per heavy atom. The van der Waals surface area contributed by atoms with Crippen LogP contribution in [0.25, 0.3) is 0 Å². The lowest BCUT2D eigenvalue weighted by atomic mass is 9.99. The second kappa shape index (κ2) is 9.91. The Labute approximate surface area is 203 Å². The molecule has 3 aromatic rings. The molecule has 2 saturated heterocycles. The molecule has 0 bridgehead atoms. The first-order valence-corrected chi connectivity index (χ1v) is 12.5. The van der Waals surface area contributed by atoms with Gasteiger partial charge in [-0.05, 0) is 42.0 Å². The fourth-order valence-electron chi connectivity index (χ4n) is 4.97.